The Hall–Kier alpha value is -1.22. The summed E-state index contributed by atoms with van der Waals surface area (Å²) in [5.41, 5.74) is 0.358. The lowest BCUT2D eigenvalue weighted by Gasteiger charge is -2.11. The van der Waals surface area contributed by atoms with Gasteiger partial charge in [-0.15, -0.1) is 0 Å². The van der Waals surface area contributed by atoms with E-state index in [0.717, 1.165) is 6.07 Å². The number of alkyl halides is 5. The number of nitrogens with one attached hydrogen (secondary N) is 1. The lowest BCUT2D eigenvalue weighted by atomic mass is 10.2. The van der Waals surface area contributed by atoms with Crippen molar-refractivity contribution in [3.05, 3.63) is 23.8 Å². The van der Waals surface area contributed by atoms with E-state index >= 15 is 0 Å². The Bertz CT molecular complexity index is 465. The van der Waals surface area contributed by atoms with Crippen LogP contribution in [0.2, 0.25) is 0 Å². The maximum absolute atomic E-state index is 12.1. The van der Waals surface area contributed by atoms with Crippen molar-refractivity contribution in [1.82, 2.24) is 4.72 Å². The second-order valence-electron chi connectivity index (χ2n) is 3.51. The molecule has 0 aliphatic carbocycles. The smallest absolute Gasteiger partial charge is 0.402 e. The highest BCUT2D eigenvalue weighted by Gasteiger charge is 2.27. The largest absolute Gasteiger partial charge is 0.435 e. The molecule has 1 rings (SSSR count). The molecule has 0 bridgehead atoms. The van der Waals surface area contributed by atoms with Crippen molar-refractivity contribution >= 4 is 11.0 Å². The fourth-order valence-corrected chi connectivity index (χ4v) is 2.02. The number of hydrogen-bond donors (Lipinski definition) is 1. The Morgan fingerprint density at radius 2 is 1.86 bits per heavy atom. The molecule has 9 heteroatoms. The molecular weight excluding hydrogens is 317 g/mol. The van der Waals surface area contributed by atoms with Crippen LogP contribution in [0.5, 0.6) is 5.75 Å². The topological polar surface area (TPSA) is 38.3 Å². The standard InChI is InChI=1S/C10H10F5NO2S.C2H6/c1-6-2-3-7(4-8(6)18-9(11)12)19(17)16-5-10(13,14)15;1-2/h2-4,9,16H,5H2,1H3;1-2H3. The summed E-state index contributed by atoms with van der Waals surface area (Å²) in [6.45, 7) is 0.969. The van der Waals surface area contributed by atoms with Crippen molar-refractivity contribution in [3.8, 4) is 5.75 Å². The van der Waals surface area contributed by atoms with Crippen molar-refractivity contribution in [3.63, 3.8) is 0 Å². The average Bonchev–Trinajstić information content (AvgIpc) is 2.39. The predicted octanol–water partition coefficient (Wildman–Crippen LogP) is 3.80. The zero-order valence-corrected chi connectivity index (χ0v) is 12.4. The van der Waals surface area contributed by atoms with Gasteiger partial charge in [0, 0.05) is 0 Å². The molecule has 1 atom stereocenters. The zero-order valence-electron chi connectivity index (χ0n) is 11.6. The quantitative estimate of drug-likeness (QED) is 0.833. The third-order valence-corrected chi connectivity index (χ3v) is 3.08. The Morgan fingerprint density at radius 1 is 1.29 bits per heavy atom. The average molecular weight is 333 g/mol. The van der Waals surface area contributed by atoms with E-state index in [9.17, 15) is 26.2 Å². The molecule has 1 aromatic carbocycles. The van der Waals surface area contributed by atoms with Crippen LogP contribution >= 0.6 is 0 Å². The van der Waals surface area contributed by atoms with Crippen LogP contribution in [-0.4, -0.2) is 23.5 Å². The van der Waals surface area contributed by atoms with E-state index in [2.05, 4.69) is 4.74 Å². The molecular formula is C12H16F5NO2S. The molecule has 0 fully saturated rings. The molecule has 3 nitrogen and oxygen atoms in total. The maximum atomic E-state index is 12.1. The summed E-state index contributed by atoms with van der Waals surface area (Å²) in [6.07, 6.45) is -4.51. The highest BCUT2D eigenvalue weighted by molar-refractivity contribution is 7.83. The number of aryl methyl sites for hydroxylation is 1. The van der Waals surface area contributed by atoms with Gasteiger partial charge in [-0.05, 0) is 24.6 Å². The Labute approximate surface area is 122 Å². The lowest BCUT2D eigenvalue weighted by molar-refractivity contribution is -0.121. The molecule has 0 heterocycles. The molecule has 0 saturated carbocycles. The molecule has 1 unspecified atom stereocenters. The van der Waals surface area contributed by atoms with E-state index in [0.29, 0.717) is 5.56 Å². The Morgan fingerprint density at radius 3 is 2.33 bits per heavy atom. The minimum atomic E-state index is -4.51. The molecule has 0 aliphatic heterocycles. The summed E-state index contributed by atoms with van der Waals surface area (Å²) < 4.78 is 77.3. The Kier molecular flexibility index (Phi) is 8.41. The van der Waals surface area contributed by atoms with E-state index in [1.165, 1.54) is 19.1 Å². The molecule has 0 radical (unpaired) electrons. The van der Waals surface area contributed by atoms with Gasteiger partial charge in [0.2, 0.25) is 0 Å². The van der Waals surface area contributed by atoms with Gasteiger partial charge in [-0.2, -0.15) is 22.0 Å². The molecule has 0 saturated heterocycles. The van der Waals surface area contributed by atoms with Gasteiger partial charge >= 0.3 is 12.8 Å². The molecule has 0 aromatic heterocycles. The first-order chi connectivity index (χ1) is 9.69. The molecule has 0 aliphatic rings. The highest BCUT2D eigenvalue weighted by Crippen LogP contribution is 2.23. The normalized spacial score (nSPS) is 12.6. The minimum Gasteiger partial charge on any atom is -0.435 e. The van der Waals surface area contributed by atoms with Gasteiger partial charge in [-0.3, -0.25) is 0 Å². The van der Waals surface area contributed by atoms with Crippen molar-refractivity contribution in [1.29, 1.82) is 0 Å². The van der Waals surface area contributed by atoms with Crippen molar-refractivity contribution in [2.75, 3.05) is 6.54 Å². The summed E-state index contributed by atoms with van der Waals surface area (Å²) in [7, 11) is -2.16. The first-order valence-corrected chi connectivity index (χ1v) is 7.11. The minimum absolute atomic E-state index is 0.0782. The second kappa shape index (κ2) is 8.93. The molecule has 0 spiro atoms. The Balaban J connectivity index is 0.00000191. The summed E-state index contributed by atoms with van der Waals surface area (Å²) in [4.78, 5) is -0.0782. The summed E-state index contributed by atoms with van der Waals surface area (Å²) in [6, 6.07) is 3.62. The van der Waals surface area contributed by atoms with E-state index in [-0.39, 0.29) is 10.6 Å². The number of halogens is 5. The van der Waals surface area contributed by atoms with Gasteiger partial charge < -0.3 is 4.74 Å². The van der Waals surface area contributed by atoms with E-state index in [4.69, 9.17) is 0 Å². The molecule has 1 aromatic rings. The van der Waals surface area contributed by atoms with Crippen LogP contribution in [0.3, 0.4) is 0 Å². The van der Waals surface area contributed by atoms with Gasteiger partial charge in [0.15, 0.2) is 0 Å². The lowest BCUT2D eigenvalue weighted by Crippen LogP contribution is -2.30. The fraction of sp³-hybridized carbons (Fsp3) is 0.500. The maximum Gasteiger partial charge on any atom is 0.402 e. The summed E-state index contributed by atoms with van der Waals surface area (Å²) in [5.74, 6) is -0.227. The summed E-state index contributed by atoms with van der Waals surface area (Å²) in [5, 5.41) is 0. The third kappa shape index (κ3) is 7.96. The van der Waals surface area contributed by atoms with Gasteiger partial charge in [-0.25, -0.2) is 8.93 Å². The second-order valence-corrected chi connectivity index (χ2v) is 4.81. The molecule has 122 valence electrons. The first-order valence-electron chi connectivity index (χ1n) is 5.96. The van der Waals surface area contributed by atoms with Gasteiger partial charge in [0.25, 0.3) is 0 Å². The van der Waals surface area contributed by atoms with Crippen LogP contribution in [0.15, 0.2) is 23.1 Å². The highest BCUT2D eigenvalue weighted by atomic mass is 32.2. The van der Waals surface area contributed by atoms with E-state index in [1.807, 2.05) is 13.8 Å². The summed E-state index contributed by atoms with van der Waals surface area (Å²) >= 11 is 0. The first kappa shape index (κ1) is 19.8. The SMILES string of the molecule is CC.Cc1ccc(S(=O)NCC(F)(F)F)cc1OC(F)F. The van der Waals surface area contributed by atoms with E-state index in [1.54, 1.807) is 4.72 Å². The number of hydrogen-bond acceptors (Lipinski definition) is 2. The predicted molar refractivity (Wildman–Crippen MR) is 69.6 cm³/mol. The number of benzene rings is 1. The monoisotopic (exact) mass is 333 g/mol. The van der Waals surface area contributed by atoms with Crippen LogP contribution in [0.4, 0.5) is 22.0 Å². The van der Waals surface area contributed by atoms with Gasteiger partial charge in [-0.1, -0.05) is 19.9 Å². The van der Waals surface area contributed by atoms with Crippen molar-refractivity contribution in [2.24, 2.45) is 0 Å². The molecule has 1 N–H and O–H groups in total. The van der Waals surface area contributed by atoms with Crippen LogP contribution in [0.25, 0.3) is 0 Å². The molecule has 0 amide bonds. The van der Waals surface area contributed by atoms with Crippen LogP contribution in [0, 0.1) is 6.92 Å². The zero-order chi connectivity index (χ0) is 16.6. The van der Waals surface area contributed by atoms with Gasteiger partial charge in [0.1, 0.15) is 23.3 Å². The van der Waals surface area contributed by atoms with Gasteiger partial charge in [0.05, 0.1) is 4.90 Å². The number of ether oxygens (including phenoxy) is 1. The third-order valence-electron chi connectivity index (χ3n) is 1.99. The number of rotatable bonds is 5. The van der Waals surface area contributed by atoms with E-state index < -0.39 is 30.3 Å². The fourth-order valence-electron chi connectivity index (χ4n) is 1.15. The van der Waals surface area contributed by atoms with Crippen LogP contribution < -0.4 is 9.46 Å². The van der Waals surface area contributed by atoms with Crippen LogP contribution in [0.1, 0.15) is 19.4 Å². The molecule has 21 heavy (non-hydrogen) atoms. The van der Waals surface area contributed by atoms with Crippen LogP contribution in [-0.2, 0) is 11.0 Å². The van der Waals surface area contributed by atoms with Crippen molar-refractivity contribution in [2.45, 2.75) is 38.5 Å². The van der Waals surface area contributed by atoms with Crippen molar-refractivity contribution < 1.29 is 30.9 Å².